The van der Waals surface area contributed by atoms with Crippen molar-refractivity contribution in [2.75, 3.05) is 4.90 Å². The monoisotopic (exact) mass is 729 g/mol. The molecule has 268 valence electrons. The van der Waals surface area contributed by atoms with Gasteiger partial charge in [-0.1, -0.05) is 170 Å². The lowest BCUT2D eigenvalue weighted by Crippen LogP contribution is -2.31. The van der Waals surface area contributed by atoms with Crippen LogP contribution in [0.3, 0.4) is 0 Å². The standard InChI is InChI=1S/C52H35N5/c1-4-16-35(17-5-1)37-21-14-22-38(32-37)39-23-15-24-41(33-39)51-53-50(36-18-6-2-7-19-36)54-52(55-51)57-47-29-13-12-28-45(47)46-31-30-44-40-20-10-11-27-43(34-40)56(48(44)49(46)57)42-25-8-3-9-26-42/h1-34,43H. The van der Waals surface area contributed by atoms with E-state index in [4.69, 9.17) is 15.0 Å². The summed E-state index contributed by atoms with van der Waals surface area (Å²) in [6, 6.07) is 61.8. The zero-order valence-electron chi connectivity index (χ0n) is 30.9. The number of rotatable bonds is 6. The van der Waals surface area contributed by atoms with Crippen molar-refractivity contribution in [2.45, 2.75) is 6.04 Å². The van der Waals surface area contributed by atoms with Crippen molar-refractivity contribution in [3.8, 4) is 51.0 Å². The molecule has 1 unspecified atom stereocenters. The molecule has 0 spiro atoms. The summed E-state index contributed by atoms with van der Waals surface area (Å²) in [5, 5.41) is 2.28. The second-order valence-corrected chi connectivity index (χ2v) is 14.4. The van der Waals surface area contributed by atoms with E-state index in [1.54, 1.807) is 0 Å². The predicted molar refractivity (Wildman–Crippen MR) is 235 cm³/mol. The number of benzene rings is 7. The van der Waals surface area contributed by atoms with E-state index in [9.17, 15) is 0 Å². The van der Waals surface area contributed by atoms with Crippen LogP contribution in [0.2, 0.25) is 0 Å². The molecule has 1 aliphatic heterocycles. The van der Waals surface area contributed by atoms with E-state index < -0.39 is 0 Å². The first-order valence-corrected chi connectivity index (χ1v) is 19.3. The van der Waals surface area contributed by atoms with Crippen LogP contribution in [-0.2, 0) is 0 Å². The minimum Gasteiger partial charge on any atom is -0.329 e. The normalized spacial score (nSPS) is 14.4. The van der Waals surface area contributed by atoms with Gasteiger partial charge in [-0.2, -0.15) is 9.97 Å². The van der Waals surface area contributed by atoms with Crippen LogP contribution < -0.4 is 4.90 Å². The smallest absolute Gasteiger partial charge is 0.238 e. The molecule has 3 heterocycles. The van der Waals surface area contributed by atoms with Crippen LogP contribution in [-0.4, -0.2) is 25.6 Å². The Labute approximate surface area is 330 Å². The van der Waals surface area contributed by atoms with E-state index in [0.717, 1.165) is 61.0 Å². The SMILES string of the molecule is C1=CC2=CC(C=C1)N(c1ccccc1)c1c2ccc2c3ccccc3n(-c3nc(-c4ccccc4)nc(-c4cccc(-c5cccc(-c6ccccc6)c5)c4)n3)c12. The lowest BCUT2D eigenvalue weighted by molar-refractivity contribution is 0.920. The maximum atomic E-state index is 5.39. The Morgan fingerprint density at radius 2 is 1.05 bits per heavy atom. The van der Waals surface area contributed by atoms with E-state index in [0.29, 0.717) is 17.6 Å². The number of para-hydroxylation sites is 2. The molecule has 11 rings (SSSR count). The number of nitrogens with zero attached hydrogens (tertiary/aromatic N) is 5. The zero-order chi connectivity index (χ0) is 37.7. The van der Waals surface area contributed by atoms with Gasteiger partial charge < -0.3 is 4.90 Å². The zero-order valence-corrected chi connectivity index (χ0v) is 30.9. The number of anilines is 2. The summed E-state index contributed by atoms with van der Waals surface area (Å²) in [7, 11) is 0. The molecule has 57 heavy (non-hydrogen) atoms. The van der Waals surface area contributed by atoms with Crippen LogP contribution in [0.15, 0.2) is 206 Å². The maximum absolute atomic E-state index is 5.39. The molecule has 0 radical (unpaired) electrons. The highest BCUT2D eigenvalue weighted by Gasteiger charge is 2.31. The third-order valence-electron chi connectivity index (χ3n) is 11.0. The van der Waals surface area contributed by atoms with Gasteiger partial charge in [-0.3, -0.25) is 4.57 Å². The Morgan fingerprint density at radius 1 is 0.456 bits per heavy atom. The third kappa shape index (κ3) is 5.68. The van der Waals surface area contributed by atoms with E-state index in [2.05, 4.69) is 198 Å². The van der Waals surface area contributed by atoms with Crippen LogP contribution in [0.4, 0.5) is 11.4 Å². The Hall–Kier alpha value is -7.63. The molecule has 2 aliphatic rings. The van der Waals surface area contributed by atoms with Gasteiger partial charge in [0.15, 0.2) is 11.6 Å². The van der Waals surface area contributed by atoms with E-state index in [-0.39, 0.29) is 6.04 Å². The molecule has 9 aromatic rings. The number of allylic oxidation sites excluding steroid dienone is 4. The second-order valence-electron chi connectivity index (χ2n) is 14.4. The average molecular weight is 730 g/mol. The Balaban J connectivity index is 1.16. The topological polar surface area (TPSA) is 46.8 Å². The van der Waals surface area contributed by atoms with E-state index in [1.807, 2.05) is 18.2 Å². The molecule has 5 heteroatoms. The molecule has 0 saturated carbocycles. The molecule has 0 N–H and O–H groups in total. The van der Waals surface area contributed by atoms with Crippen molar-refractivity contribution in [1.82, 2.24) is 19.5 Å². The molecular formula is C52H35N5. The lowest BCUT2D eigenvalue weighted by atomic mass is 9.93. The fraction of sp³-hybridized carbons (Fsp3) is 0.0192. The van der Waals surface area contributed by atoms with Crippen molar-refractivity contribution in [2.24, 2.45) is 0 Å². The Morgan fingerprint density at radius 3 is 1.81 bits per heavy atom. The van der Waals surface area contributed by atoms with Gasteiger partial charge in [0.2, 0.25) is 5.95 Å². The van der Waals surface area contributed by atoms with Gasteiger partial charge in [-0.25, -0.2) is 4.98 Å². The fourth-order valence-corrected chi connectivity index (χ4v) is 8.39. The summed E-state index contributed by atoms with van der Waals surface area (Å²) in [5.74, 6) is 1.79. The predicted octanol–water partition coefficient (Wildman–Crippen LogP) is 12.7. The minimum absolute atomic E-state index is 0.0129. The Kier molecular flexibility index (Phi) is 7.81. The summed E-state index contributed by atoms with van der Waals surface area (Å²) >= 11 is 0. The number of hydrogen-bond acceptors (Lipinski definition) is 4. The van der Waals surface area contributed by atoms with E-state index >= 15 is 0 Å². The molecular weight excluding hydrogens is 695 g/mol. The van der Waals surface area contributed by atoms with Gasteiger partial charge >= 0.3 is 0 Å². The highest BCUT2D eigenvalue weighted by Crippen LogP contribution is 2.48. The largest absolute Gasteiger partial charge is 0.329 e. The number of aromatic nitrogens is 4. The minimum atomic E-state index is 0.0129. The molecule has 2 aromatic heterocycles. The molecule has 7 aromatic carbocycles. The molecule has 1 aliphatic carbocycles. The molecule has 1 atom stereocenters. The number of fused-ring (bicyclic) bond motifs is 7. The van der Waals surface area contributed by atoms with Crippen molar-refractivity contribution in [3.05, 3.63) is 212 Å². The van der Waals surface area contributed by atoms with Gasteiger partial charge in [0.05, 0.1) is 22.8 Å². The van der Waals surface area contributed by atoms with Crippen LogP contribution in [0.5, 0.6) is 0 Å². The fourth-order valence-electron chi connectivity index (χ4n) is 8.39. The number of hydrogen-bond donors (Lipinski definition) is 0. The van der Waals surface area contributed by atoms with Crippen molar-refractivity contribution in [3.63, 3.8) is 0 Å². The summed E-state index contributed by atoms with van der Waals surface area (Å²) in [4.78, 5) is 18.3. The summed E-state index contributed by atoms with van der Waals surface area (Å²) in [6.07, 6.45) is 11.1. The summed E-state index contributed by atoms with van der Waals surface area (Å²) < 4.78 is 2.26. The Bertz CT molecular complexity index is 3070. The van der Waals surface area contributed by atoms with Gasteiger partial charge in [0, 0.05) is 33.2 Å². The quantitative estimate of drug-likeness (QED) is 0.171. The van der Waals surface area contributed by atoms with Crippen LogP contribution >= 0.6 is 0 Å². The molecule has 5 nitrogen and oxygen atoms in total. The second kappa shape index (κ2) is 13.6. The van der Waals surface area contributed by atoms with Gasteiger partial charge in [-0.05, 0) is 64.2 Å². The molecule has 2 bridgehead atoms. The van der Waals surface area contributed by atoms with Crippen molar-refractivity contribution >= 4 is 38.8 Å². The highest BCUT2D eigenvalue weighted by atomic mass is 15.2. The maximum Gasteiger partial charge on any atom is 0.238 e. The highest BCUT2D eigenvalue weighted by molar-refractivity contribution is 6.16. The molecule has 0 fully saturated rings. The first-order valence-electron chi connectivity index (χ1n) is 19.3. The van der Waals surface area contributed by atoms with Gasteiger partial charge in [0.25, 0.3) is 0 Å². The van der Waals surface area contributed by atoms with E-state index in [1.165, 1.54) is 16.7 Å². The van der Waals surface area contributed by atoms with Crippen LogP contribution in [0.25, 0.3) is 78.4 Å². The van der Waals surface area contributed by atoms with Gasteiger partial charge in [0.1, 0.15) is 0 Å². The average Bonchev–Trinajstić information content (AvgIpc) is 3.49. The van der Waals surface area contributed by atoms with Gasteiger partial charge in [-0.15, -0.1) is 0 Å². The third-order valence-corrected chi connectivity index (χ3v) is 11.0. The van der Waals surface area contributed by atoms with Crippen LogP contribution in [0.1, 0.15) is 5.56 Å². The first kappa shape index (κ1) is 32.8. The van der Waals surface area contributed by atoms with Crippen molar-refractivity contribution < 1.29 is 0 Å². The molecule has 0 amide bonds. The van der Waals surface area contributed by atoms with Crippen LogP contribution in [0, 0.1) is 0 Å². The molecule has 0 saturated heterocycles. The summed E-state index contributed by atoms with van der Waals surface area (Å²) in [5.41, 5.74) is 13.1. The van der Waals surface area contributed by atoms with Crippen molar-refractivity contribution in [1.29, 1.82) is 0 Å². The first-order chi connectivity index (χ1) is 28.3. The lowest BCUT2D eigenvalue weighted by Gasteiger charge is -2.36. The summed E-state index contributed by atoms with van der Waals surface area (Å²) in [6.45, 7) is 0.